The zero-order chi connectivity index (χ0) is 15.8. The van der Waals surface area contributed by atoms with E-state index in [9.17, 15) is 0 Å². The molecule has 0 atom stereocenters. The third-order valence-corrected chi connectivity index (χ3v) is 4.40. The van der Waals surface area contributed by atoms with Gasteiger partial charge in [0.05, 0.1) is 6.54 Å². The molecule has 1 saturated carbocycles. The molecule has 0 aromatic carbocycles. The minimum Gasteiger partial charge on any atom is -0.355 e. The fourth-order valence-corrected chi connectivity index (χ4v) is 2.92. The van der Waals surface area contributed by atoms with E-state index in [2.05, 4.69) is 37.7 Å². The third kappa shape index (κ3) is 4.98. The van der Waals surface area contributed by atoms with Crippen LogP contribution in [-0.2, 0) is 13.6 Å². The summed E-state index contributed by atoms with van der Waals surface area (Å²) in [4.78, 5) is 10.9. The minimum absolute atomic E-state index is 0.620. The Kier molecular flexibility index (Phi) is 6.64. The topological polar surface area (TPSA) is 70.4 Å². The van der Waals surface area contributed by atoms with Crippen molar-refractivity contribution in [2.24, 2.45) is 12.0 Å². The molecule has 1 aliphatic rings. The van der Waals surface area contributed by atoms with Gasteiger partial charge in [0.15, 0.2) is 5.96 Å². The van der Waals surface area contributed by atoms with Gasteiger partial charge in [-0.15, -0.1) is 0 Å². The maximum absolute atomic E-state index is 4.24. The Balaban J connectivity index is 1.66. The maximum atomic E-state index is 4.24. The number of guanidine groups is 1. The average Bonchev–Trinajstić information content (AvgIpc) is 2.96. The summed E-state index contributed by atoms with van der Waals surface area (Å²) in [5.41, 5.74) is 0. The summed E-state index contributed by atoms with van der Waals surface area (Å²) in [5, 5.41) is 10.7. The van der Waals surface area contributed by atoms with Crippen LogP contribution in [0.3, 0.4) is 0 Å². The first-order valence-electron chi connectivity index (χ1n) is 8.18. The Morgan fingerprint density at radius 2 is 2.14 bits per heavy atom. The second kappa shape index (κ2) is 8.73. The van der Waals surface area contributed by atoms with E-state index in [1.807, 2.05) is 7.05 Å². The zero-order valence-corrected chi connectivity index (χ0v) is 14.0. The predicted molar refractivity (Wildman–Crippen MR) is 88.7 cm³/mol. The number of aliphatic imine (C=N–C) groups is 1. The summed E-state index contributed by atoms with van der Waals surface area (Å²) < 4.78 is 1.76. The molecule has 0 amide bonds. The molecule has 0 radical (unpaired) electrons. The van der Waals surface area contributed by atoms with Crippen LogP contribution in [0.2, 0.25) is 0 Å². The quantitative estimate of drug-likeness (QED) is 0.599. The maximum Gasteiger partial charge on any atom is 0.191 e. The monoisotopic (exact) mass is 307 g/mol. The molecule has 1 fully saturated rings. The lowest BCUT2D eigenvalue weighted by atomic mass is 9.94. The molecule has 0 saturated heterocycles. The summed E-state index contributed by atoms with van der Waals surface area (Å²) in [6, 6.07) is 0.754. The zero-order valence-electron chi connectivity index (χ0n) is 14.0. The molecule has 22 heavy (non-hydrogen) atoms. The number of likely N-dealkylation sites (N-methyl/N-ethyl adjacent to an activating group) is 1. The SMILES string of the molecule is CN=C(NCCN(C)C1CCCCC1)NCc1ncnn1C. The fourth-order valence-electron chi connectivity index (χ4n) is 2.92. The molecule has 7 nitrogen and oxygen atoms in total. The summed E-state index contributed by atoms with van der Waals surface area (Å²) in [5.74, 6) is 1.70. The van der Waals surface area contributed by atoms with Crippen LogP contribution in [0.1, 0.15) is 37.9 Å². The molecule has 2 N–H and O–H groups in total. The van der Waals surface area contributed by atoms with Crippen LogP contribution in [0.25, 0.3) is 0 Å². The van der Waals surface area contributed by atoms with Crippen LogP contribution in [0.4, 0.5) is 0 Å². The van der Waals surface area contributed by atoms with E-state index in [0.717, 1.165) is 30.9 Å². The van der Waals surface area contributed by atoms with Crippen molar-refractivity contribution in [2.45, 2.75) is 44.7 Å². The third-order valence-electron chi connectivity index (χ3n) is 4.40. The highest BCUT2D eigenvalue weighted by Gasteiger charge is 2.17. The first-order valence-corrected chi connectivity index (χ1v) is 8.18. The first-order chi connectivity index (χ1) is 10.7. The number of aryl methyl sites for hydroxylation is 1. The van der Waals surface area contributed by atoms with Crippen molar-refractivity contribution in [3.63, 3.8) is 0 Å². The highest BCUT2D eigenvalue weighted by molar-refractivity contribution is 5.79. The van der Waals surface area contributed by atoms with Crippen molar-refractivity contribution >= 4 is 5.96 Å². The van der Waals surface area contributed by atoms with Crippen molar-refractivity contribution in [1.29, 1.82) is 0 Å². The van der Waals surface area contributed by atoms with Gasteiger partial charge in [0, 0.05) is 33.2 Å². The lowest BCUT2D eigenvalue weighted by Gasteiger charge is -2.31. The standard InChI is InChI=1S/C15H29N7/c1-16-15(18-11-14-19-12-20-22(14)3)17-9-10-21(2)13-7-5-4-6-8-13/h12-13H,4-11H2,1-3H3,(H2,16,17,18). The van der Waals surface area contributed by atoms with Gasteiger partial charge < -0.3 is 15.5 Å². The predicted octanol–water partition coefficient (Wildman–Crippen LogP) is 0.745. The molecule has 1 aliphatic carbocycles. The first kappa shape index (κ1) is 16.7. The molecule has 1 aromatic heterocycles. The van der Waals surface area contributed by atoms with E-state index in [-0.39, 0.29) is 0 Å². The smallest absolute Gasteiger partial charge is 0.191 e. The fraction of sp³-hybridized carbons (Fsp3) is 0.800. The van der Waals surface area contributed by atoms with Gasteiger partial charge in [0.1, 0.15) is 12.2 Å². The molecule has 0 aliphatic heterocycles. The van der Waals surface area contributed by atoms with Crippen LogP contribution >= 0.6 is 0 Å². The number of nitrogens with one attached hydrogen (secondary N) is 2. The Morgan fingerprint density at radius 3 is 2.77 bits per heavy atom. The molecular weight excluding hydrogens is 278 g/mol. The highest BCUT2D eigenvalue weighted by Crippen LogP contribution is 2.21. The summed E-state index contributed by atoms with van der Waals surface area (Å²) in [7, 11) is 5.91. The second-order valence-electron chi connectivity index (χ2n) is 5.92. The van der Waals surface area contributed by atoms with E-state index in [0.29, 0.717) is 6.54 Å². The van der Waals surface area contributed by atoms with E-state index in [4.69, 9.17) is 0 Å². The summed E-state index contributed by atoms with van der Waals surface area (Å²) in [6.07, 6.45) is 8.41. The Labute approximate surface area is 133 Å². The van der Waals surface area contributed by atoms with Crippen molar-refractivity contribution in [3.8, 4) is 0 Å². The Hall–Kier alpha value is -1.63. The van der Waals surface area contributed by atoms with Crippen LogP contribution < -0.4 is 10.6 Å². The van der Waals surface area contributed by atoms with E-state index >= 15 is 0 Å². The minimum atomic E-state index is 0.620. The van der Waals surface area contributed by atoms with Gasteiger partial charge in [-0.25, -0.2) is 4.98 Å². The number of rotatable bonds is 6. The van der Waals surface area contributed by atoms with Gasteiger partial charge in [-0.05, 0) is 19.9 Å². The molecule has 0 bridgehead atoms. The van der Waals surface area contributed by atoms with Crippen molar-refractivity contribution in [3.05, 3.63) is 12.2 Å². The molecule has 0 spiro atoms. The van der Waals surface area contributed by atoms with Crippen LogP contribution in [0.5, 0.6) is 0 Å². The van der Waals surface area contributed by atoms with Crippen molar-refractivity contribution in [1.82, 2.24) is 30.3 Å². The lowest BCUT2D eigenvalue weighted by Crippen LogP contribution is -2.43. The van der Waals surface area contributed by atoms with E-state index < -0.39 is 0 Å². The molecule has 1 heterocycles. The number of nitrogens with zero attached hydrogens (tertiary/aromatic N) is 5. The van der Waals surface area contributed by atoms with Gasteiger partial charge >= 0.3 is 0 Å². The number of aromatic nitrogens is 3. The number of hydrogen-bond acceptors (Lipinski definition) is 4. The van der Waals surface area contributed by atoms with Gasteiger partial charge in [0.2, 0.25) is 0 Å². The van der Waals surface area contributed by atoms with Crippen molar-refractivity contribution < 1.29 is 0 Å². The molecule has 7 heteroatoms. The molecule has 124 valence electrons. The lowest BCUT2D eigenvalue weighted by molar-refractivity contribution is 0.194. The van der Waals surface area contributed by atoms with E-state index in [1.54, 1.807) is 18.1 Å². The van der Waals surface area contributed by atoms with Gasteiger partial charge in [-0.3, -0.25) is 9.67 Å². The van der Waals surface area contributed by atoms with Crippen LogP contribution in [-0.4, -0.2) is 58.9 Å². The largest absolute Gasteiger partial charge is 0.355 e. The highest BCUT2D eigenvalue weighted by atomic mass is 15.3. The van der Waals surface area contributed by atoms with Crippen LogP contribution in [0, 0.1) is 0 Å². The molecule has 1 aromatic rings. The normalized spacial score (nSPS) is 17.0. The van der Waals surface area contributed by atoms with Gasteiger partial charge in [0.25, 0.3) is 0 Å². The number of hydrogen-bond donors (Lipinski definition) is 2. The Bertz CT molecular complexity index is 462. The average molecular weight is 307 g/mol. The summed E-state index contributed by atoms with van der Waals surface area (Å²) in [6.45, 7) is 2.55. The van der Waals surface area contributed by atoms with Crippen LogP contribution in [0.15, 0.2) is 11.3 Å². The van der Waals surface area contributed by atoms with Crippen molar-refractivity contribution in [2.75, 3.05) is 27.2 Å². The van der Waals surface area contributed by atoms with Gasteiger partial charge in [-0.2, -0.15) is 5.10 Å². The summed E-state index contributed by atoms with van der Waals surface area (Å²) >= 11 is 0. The van der Waals surface area contributed by atoms with E-state index in [1.165, 1.54) is 32.1 Å². The van der Waals surface area contributed by atoms with Gasteiger partial charge in [-0.1, -0.05) is 19.3 Å². The molecular formula is C15H29N7. The Morgan fingerprint density at radius 1 is 1.36 bits per heavy atom. The second-order valence-corrected chi connectivity index (χ2v) is 5.92. The molecule has 0 unspecified atom stereocenters. The molecule has 2 rings (SSSR count).